The van der Waals surface area contributed by atoms with Crippen molar-refractivity contribution in [1.29, 1.82) is 0 Å². The monoisotopic (exact) mass is 176 g/mol. The highest BCUT2D eigenvalue weighted by atomic mass is 16.5. The number of carbonyl (C=O) groups is 1. The van der Waals surface area contributed by atoms with Crippen LogP contribution in [0.5, 0.6) is 0 Å². The van der Waals surface area contributed by atoms with E-state index in [0.717, 1.165) is 4.73 Å². The quantitative estimate of drug-likeness (QED) is 0.528. The first-order valence-electron chi connectivity index (χ1n) is 3.88. The number of ketones is 1. The fourth-order valence-electron chi connectivity index (χ4n) is 1.24. The average molecular weight is 176 g/mol. The highest BCUT2D eigenvalue weighted by Crippen LogP contribution is 2.13. The maximum absolute atomic E-state index is 11.0. The third-order valence-corrected chi connectivity index (χ3v) is 1.85. The van der Waals surface area contributed by atoms with E-state index in [1.54, 1.807) is 24.3 Å². The molecule has 0 fully saturated rings. The molecule has 1 N–H and O–H groups in total. The maximum Gasteiger partial charge on any atom is 0.212 e. The molecule has 0 saturated heterocycles. The summed E-state index contributed by atoms with van der Waals surface area (Å²) < 4.78 is 0.817. The van der Waals surface area contributed by atoms with Gasteiger partial charge in [0, 0.05) is 6.92 Å². The van der Waals surface area contributed by atoms with Gasteiger partial charge in [-0.05, 0) is 12.1 Å². The van der Waals surface area contributed by atoms with Crippen LogP contribution in [0.3, 0.4) is 0 Å². The first-order valence-corrected chi connectivity index (χ1v) is 3.88. The molecule has 4 nitrogen and oxygen atoms in total. The Hall–Kier alpha value is -1.84. The molecule has 0 saturated carbocycles. The lowest BCUT2D eigenvalue weighted by Crippen LogP contribution is -2.03. The number of rotatable bonds is 1. The molecule has 1 aromatic heterocycles. The van der Waals surface area contributed by atoms with Crippen molar-refractivity contribution in [3.8, 4) is 0 Å². The van der Waals surface area contributed by atoms with Gasteiger partial charge in [0.05, 0.1) is 5.52 Å². The van der Waals surface area contributed by atoms with E-state index in [-0.39, 0.29) is 11.6 Å². The Labute approximate surface area is 74.4 Å². The molecular formula is C9H8N2O2. The minimum absolute atomic E-state index is 0.0706. The van der Waals surface area contributed by atoms with Gasteiger partial charge in [-0.25, -0.2) is 4.98 Å². The van der Waals surface area contributed by atoms with Crippen LogP contribution in [0.1, 0.15) is 17.5 Å². The van der Waals surface area contributed by atoms with Crippen molar-refractivity contribution >= 4 is 16.8 Å². The second kappa shape index (κ2) is 2.58. The Kier molecular flexibility index (Phi) is 1.55. The van der Waals surface area contributed by atoms with Crippen LogP contribution in [0.4, 0.5) is 0 Å². The summed E-state index contributed by atoms with van der Waals surface area (Å²) >= 11 is 0. The molecule has 0 aliphatic rings. The Morgan fingerprint density at radius 2 is 2.15 bits per heavy atom. The summed E-state index contributed by atoms with van der Waals surface area (Å²) in [6, 6.07) is 7.03. The van der Waals surface area contributed by atoms with Gasteiger partial charge in [-0.1, -0.05) is 12.1 Å². The minimum Gasteiger partial charge on any atom is -0.426 e. The summed E-state index contributed by atoms with van der Waals surface area (Å²) in [6.07, 6.45) is 0. The van der Waals surface area contributed by atoms with Crippen LogP contribution in [-0.4, -0.2) is 20.7 Å². The van der Waals surface area contributed by atoms with E-state index in [4.69, 9.17) is 0 Å². The van der Waals surface area contributed by atoms with Gasteiger partial charge in [0.2, 0.25) is 5.82 Å². The second-order valence-electron chi connectivity index (χ2n) is 2.79. The van der Waals surface area contributed by atoms with Crippen molar-refractivity contribution in [2.75, 3.05) is 0 Å². The number of carbonyl (C=O) groups excluding carboxylic acids is 1. The molecule has 2 rings (SSSR count). The van der Waals surface area contributed by atoms with Crippen molar-refractivity contribution in [3.63, 3.8) is 0 Å². The van der Waals surface area contributed by atoms with Crippen molar-refractivity contribution in [2.45, 2.75) is 6.92 Å². The number of para-hydroxylation sites is 2. The van der Waals surface area contributed by atoms with Crippen LogP contribution in [0.15, 0.2) is 24.3 Å². The van der Waals surface area contributed by atoms with Gasteiger partial charge in [-0.15, -0.1) is 0 Å². The van der Waals surface area contributed by atoms with Crippen LogP contribution in [0, 0.1) is 0 Å². The van der Waals surface area contributed by atoms with Gasteiger partial charge < -0.3 is 5.21 Å². The Morgan fingerprint density at radius 3 is 2.77 bits per heavy atom. The van der Waals surface area contributed by atoms with Gasteiger partial charge >= 0.3 is 0 Å². The molecule has 4 heteroatoms. The zero-order valence-corrected chi connectivity index (χ0v) is 7.06. The molecule has 0 radical (unpaired) electrons. The molecule has 0 aliphatic heterocycles. The molecule has 0 spiro atoms. The second-order valence-corrected chi connectivity index (χ2v) is 2.79. The molecule has 0 unspecified atom stereocenters. The fourth-order valence-corrected chi connectivity index (χ4v) is 1.24. The van der Waals surface area contributed by atoms with E-state index in [1.165, 1.54) is 6.92 Å². The Bertz CT molecular complexity index is 473. The molecule has 13 heavy (non-hydrogen) atoms. The average Bonchev–Trinajstić information content (AvgIpc) is 2.45. The van der Waals surface area contributed by atoms with Gasteiger partial charge in [0.1, 0.15) is 5.52 Å². The highest BCUT2D eigenvalue weighted by molar-refractivity contribution is 5.94. The van der Waals surface area contributed by atoms with Crippen LogP contribution in [-0.2, 0) is 0 Å². The van der Waals surface area contributed by atoms with Gasteiger partial charge in [-0.3, -0.25) is 4.79 Å². The van der Waals surface area contributed by atoms with Crippen molar-refractivity contribution in [1.82, 2.24) is 9.71 Å². The largest absolute Gasteiger partial charge is 0.426 e. The fraction of sp³-hybridized carbons (Fsp3) is 0.111. The third kappa shape index (κ3) is 1.07. The van der Waals surface area contributed by atoms with E-state index >= 15 is 0 Å². The third-order valence-electron chi connectivity index (χ3n) is 1.85. The number of hydrogen-bond acceptors (Lipinski definition) is 3. The van der Waals surface area contributed by atoms with Gasteiger partial charge in [0.15, 0.2) is 5.78 Å². The molecule has 1 aromatic carbocycles. The predicted octanol–water partition coefficient (Wildman–Crippen LogP) is 1.48. The van der Waals surface area contributed by atoms with E-state index in [0.29, 0.717) is 11.0 Å². The smallest absolute Gasteiger partial charge is 0.212 e. The highest BCUT2D eigenvalue weighted by Gasteiger charge is 2.12. The van der Waals surface area contributed by atoms with Crippen LogP contribution in [0.2, 0.25) is 0 Å². The SMILES string of the molecule is CC(=O)c1nc2ccccc2n1O. The molecular weight excluding hydrogens is 168 g/mol. The van der Waals surface area contributed by atoms with Gasteiger partial charge in [0.25, 0.3) is 0 Å². The topological polar surface area (TPSA) is 55.1 Å². The lowest BCUT2D eigenvalue weighted by molar-refractivity contribution is 0.0961. The normalized spacial score (nSPS) is 10.5. The first-order chi connectivity index (χ1) is 6.20. The minimum atomic E-state index is -0.251. The van der Waals surface area contributed by atoms with Crippen molar-refractivity contribution < 1.29 is 10.0 Å². The molecule has 0 amide bonds. The first kappa shape index (κ1) is 7.79. The number of nitrogens with zero attached hydrogens (tertiary/aromatic N) is 2. The summed E-state index contributed by atoms with van der Waals surface area (Å²) in [5.74, 6) is -0.181. The zero-order chi connectivity index (χ0) is 9.42. The number of aromatic nitrogens is 2. The van der Waals surface area contributed by atoms with Crippen molar-refractivity contribution in [2.24, 2.45) is 0 Å². The van der Waals surface area contributed by atoms with Crippen LogP contribution >= 0.6 is 0 Å². The van der Waals surface area contributed by atoms with E-state index in [1.807, 2.05) is 0 Å². The zero-order valence-electron chi connectivity index (χ0n) is 7.06. The summed E-state index contributed by atoms with van der Waals surface area (Å²) in [6.45, 7) is 1.37. The van der Waals surface area contributed by atoms with Gasteiger partial charge in [-0.2, -0.15) is 4.73 Å². The predicted molar refractivity (Wildman–Crippen MR) is 46.9 cm³/mol. The Morgan fingerprint density at radius 1 is 1.46 bits per heavy atom. The molecule has 0 aliphatic carbocycles. The number of Topliss-reactive ketones (excluding diaryl/α,β-unsaturated/α-hetero) is 1. The lowest BCUT2D eigenvalue weighted by Gasteiger charge is -1.94. The summed E-state index contributed by atoms with van der Waals surface area (Å²) in [4.78, 5) is 15.0. The van der Waals surface area contributed by atoms with Crippen molar-refractivity contribution in [3.05, 3.63) is 30.1 Å². The molecule has 1 heterocycles. The lowest BCUT2D eigenvalue weighted by atomic mass is 10.3. The molecule has 66 valence electrons. The summed E-state index contributed by atoms with van der Waals surface area (Å²) in [5.41, 5.74) is 1.17. The standard InChI is InChI=1S/C9H8N2O2/c1-6(12)9-10-7-4-2-3-5-8(7)11(9)13/h2-5,13H,1H3. The van der Waals surface area contributed by atoms with E-state index in [2.05, 4.69) is 4.98 Å². The summed E-state index contributed by atoms with van der Waals surface area (Å²) in [7, 11) is 0. The summed E-state index contributed by atoms with van der Waals surface area (Å²) in [5, 5.41) is 9.49. The maximum atomic E-state index is 11.0. The number of benzene rings is 1. The molecule has 0 atom stereocenters. The molecule has 0 bridgehead atoms. The number of imidazole rings is 1. The van der Waals surface area contributed by atoms with Crippen LogP contribution < -0.4 is 0 Å². The van der Waals surface area contributed by atoms with Crippen LogP contribution in [0.25, 0.3) is 11.0 Å². The van der Waals surface area contributed by atoms with E-state index < -0.39 is 0 Å². The molecule has 2 aromatic rings. The number of hydrogen-bond donors (Lipinski definition) is 1. The van der Waals surface area contributed by atoms with E-state index in [9.17, 15) is 10.0 Å². The number of fused-ring (bicyclic) bond motifs is 1. The Balaban J connectivity index is 2.81.